The smallest absolute Gasteiger partial charge is 0.327 e. The Morgan fingerprint density at radius 3 is 2.59 bits per heavy atom. The van der Waals surface area contributed by atoms with E-state index in [1.165, 1.54) is 0 Å². The molecule has 0 bridgehead atoms. The van der Waals surface area contributed by atoms with Crippen LogP contribution in [0.25, 0.3) is 0 Å². The summed E-state index contributed by atoms with van der Waals surface area (Å²) in [5, 5.41) is 3.08. The standard InChI is InChI=1S/C11H21NO4S/c1-4-16-10(13)11(12-9(2)3)6-5-7-17(14,15)8-11/h9,12H,4-8H2,1-3H3. The van der Waals surface area contributed by atoms with E-state index in [0.29, 0.717) is 12.8 Å². The second-order valence-corrected chi connectivity index (χ2v) is 6.98. The fraction of sp³-hybridized carbons (Fsp3) is 0.909. The maximum atomic E-state index is 12.0. The van der Waals surface area contributed by atoms with Crippen molar-refractivity contribution < 1.29 is 17.9 Å². The van der Waals surface area contributed by atoms with Crippen LogP contribution in [0.15, 0.2) is 0 Å². The van der Waals surface area contributed by atoms with Crippen molar-refractivity contribution in [2.24, 2.45) is 0 Å². The summed E-state index contributed by atoms with van der Waals surface area (Å²) in [5.41, 5.74) is -1.05. The third kappa shape index (κ3) is 3.67. The lowest BCUT2D eigenvalue weighted by molar-refractivity contribution is -0.151. The van der Waals surface area contributed by atoms with Crippen LogP contribution in [0.5, 0.6) is 0 Å². The van der Waals surface area contributed by atoms with Gasteiger partial charge in [0, 0.05) is 6.04 Å². The Kier molecular flexibility index (Phi) is 4.55. The van der Waals surface area contributed by atoms with Gasteiger partial charge in [-0.05, 0) is 33.6 Å². The fourth-order valence-electron chi connectivity index (χ4n) is 2.27. The molecule has 0 spiro atoms. The Hall–Kier alpha value is -0.620. The molecule has 17 heavy (non-hydrogen) atoms. The lowest BCUT2D eigenvalue weighted by Crippen LogP contribution is -2.61. The van der Waals surface area contributed by atoms with Gasteiger partial charge in [-0.25, -0.2) is 8.42 Å². The third-order valence-electron chi connectivity index (χ3n) is 2.76. The number of carbonyl (C=O) groups excluding carboxylic acids is 1. The molecule has 5 nitrogen and oxygen atoms in total. The first-order chi connectivity index (χ1) is 7.81. The molecule has 6 heteroatoms. The van der Waals surface area contributed by atoms with Crippen LogP contribution >= 0.6 is 0 Å². The molecule has 0 aromatic heterocycles. The highest BCUT2D eigenvalue weighted by Gasteiger charge is 2.46. The second-order valence-electron chi connectivity index (χ2n) is 4.80. The van der Waals surface area contributed by atoms with Gasteiger partial charge >= 0.3 is 5.97 Å². The lowest BCUT2D eigenvalue weighted by Gasteiger charge is -2.36. The lowest BCUT2D eigenvalue weighted by atomic mass is 9.94. The van der Waals surface area contributed by atoms with Gasteiger partial charge in [-0.3, -0.25) is 10.1 Å². The highest BCUT2D eigenvalue weighted by Crippen LogP contribution is 2.25. The van der Waals surface area contributed by atoms with E-state index in [1.807, 2.05) is 13.8 Å². The van der Waals surface area contributed by atoms with Crippen molar-refractivity contribution in [3.05, 3.63) is 0 Å². The van der Waals surface area contributed by atoms with Crippen LogP contribution in [-0.2, 0) is 19.4 Å². The molecule has 1 fully saturated rings. The molecular formula is C11H21NO4S. The van der Waals surface area contributed by atoms with Crippen molar-refractivity contribution in [3.63, 3.8) is 0 Å². The highest BCUT2D eigenvalue weighted by molar-refractivity contribution is 7.91. The summed E-state index contributed by atoms with van der Waals surface area (Å²) >= 11 is 0. The number of esters is 1. The first-order valence-corrected chi connectivity index (χ1v) is 7.79. The number of hydrogen-bond donors (Lipinski definition) is 1. The van der Waals surface area contributed by atoms with E-state index in [9.17, 15) is 13.2 Å². The monoisotopic (exact) mass is 263 g/mol. The Morgan fingerprint density at radius 1 is 1.47 bits per heavy atom. The van der Waals surface area contributed by atoms with E-state index in [4.69, 9.17) is 4.74 Å². The van der Waals surface area contributed by atoms with Crippen molar-refractivity contribution >= 4 is 15.8 Å². The molecule has 0 aliphatic carbocycles. The molecule has 1 saturated heterocycles. The zero-order valence-electron chi connectivity index (χ0n) is 10.7. The molecule has 100 valence electrons. The molecule has 0 amide bonds. The average molecular weight is 263 g/mol. The Bertz CT molecular complexity index is 377. The summed E-state index contributed by atoms with van der Waals surface area (Å²) < 4.78 is 28.4. The van der Waals surface area contributed by atoms with Gasteiger partial charge in [0.15, 0.2) is 9.84 Å². The number of ether oxygens (including phenoxy) is 1. The topological polar surface area (TPSA) is 72.5 Å². The van der Waals surface area contributed by atoms with Crippen LogP contribution < -0.4 is 5.32 Å². The average Bonchev–Trinajstić information content (AvgIpc) is 2.15. The number of hydrogen-bond acceptors (Lipinski definition) is 5. The van der Waals surface area contributed by atoms with Gasteiger partial charge in [0.25, 0.3) is 0 Å². The molecule has 1 aliphatic heterocycles. The molecule has 1 aliphatic rings. The summed E-state index contributed by atoms with van der Waals surface area (Å²) in [6.45, 7) is 5.77. The number of sulfone groups is 1. The zero-order valence-corrected chi connectivity index (χ0v) is 11.5. The molecular weight excluding hydrogens is 242 g/mol. The molecule has 1 heterocycles. The molecule has 1 atom stereocenters. The highest BCUT2D eigenvalue weighted by atomic mass is 32.2. The summed E-state index contributed by atoms with van der Waals surface area (Å²) in [7, 11) is -3.16. The zero-order chi connectivity index (χ0) is 13.1. The summed E-state index contributed by atoms with van der Waals surface area (Å²) in [5.74, 6) is -0.442. The van der Waals surface area contributed by atoms with Gasteiger partial charge in [0.2, 0.25) is 0 Å². The fourth-order valence-corrected chi connectivity index (χ4v) is 4.09. The second kappa shape index (κ2) is 5.35. The molecule has 0 radical (unpaired) electrons. The van der Waals surface area contributed by atoms with Gasteiger partial charge in [0.1, 0.15) is 5.54 Å². The van der Waals surface area contributed by atoms with Crippen LogP contribution in [0.3, 0.4) is 0 Å². The van der Waals surface area contributed by atoms with Crippen molar-refractivity contribution in [2.75, 3.05) is 18.1 Å². The van der Waals surface area contributed by atoms with Crippen molar-refractivity contribution in [3.8, 4) is 0 Å². The first kappa shape index (κ1) is 14.4. The summed E-state index contributed by atoms with van der Waals surface area (Å²) in [6, 6.07) is 0.0349. The van der Waals surface area contributed by atoms with E-state index < -0.39 is 21.3 Å². The minimum absolute atomic E-state index is 0.0349. The van der Waals surface area contributed by atoms with Crippen LogP contribution in [0.2, 0.25) is 0 Å². The Labute approximate surface area is 103 Å². The third-order valence-corrected chi connectivity index (χ3v) is 4.60. The van der Waals surface area contributed by atoms with E-state index in [0.717, 1.165) is 0 Å². The minimum atomic E-state index is -3.16. The SMILES string of the molecule is CCOC(=O)C1(NC(C)C)CCCS(=O)(=O)C1. The van der Waals surface area contributed by atoms with E-state index in [1.54, 1.807) is 6.92 Å². The molecule has 0 saturated carbocycles. The van der Waals surface area contributed by atoms with Crippen molar-refractivity contribution in [2.45, 2.75) is 45.2 Å². The number of nitrogens with one attached hydrogen (secondary N) is 1. The summed E-state index contributed by atoms with van der Waals surface area (Å²) in [6.07, 6.45) is 1.02. The maximum Gasteiger partial charge on any atom is 0.327 e. The van der Waals surface area contributed by atoms with Crippen LogP contribution in [0.1, 0.15) is 33.6 Å². The van der Waals surface area contributed by atoms with Gasteiger partial charge in [-0.2, -0.15) is 0 Å². The molecule has 0 aromatic rings. The first-order valence-electron chi connectivity index (χ1n) is 5.97. The number of rotatable bonds is 4. The predicted octanol–water partition coefficient (Wildman–Crippen LogP) is 0.495. The number of carbonyl (C=O) groups is 1. The van der Waals surface area contributed by atoms with E-state index in [2.05, 4.69) is 5.32 Å². The van der Waals surface area contributed by atoms with Gasteiger partial charge in [-0.1, -0.05) is 0 Å². The quantitative estimate of drug-likeness (QED) is 0.748. The van der Waals surface area contributed by atoms with Crippen molar-refractivity contribution in [1.29, 1.82) is 0 Å². The predicted molar refractivity (Wildman–Crippen MR) is 65.5 cm³/mol. The summed E-state index contributed by atoms with van der Waals surface area (Å²) in [4.78, 5) is 12.0. The molecule has 0 aromatic carbocycles. The molecule has 1 rings (SSSR count). The van der Waals surface area contributed by atoms with E-state index in [-0.39, 0.29) is 24.2 Å². The van der Waals surface area contributed by atoms with Crippen molar-refractivity contribution in [1.82, 2.24) is 5.32 Å². The maximum absolute atomic E-state index is 12.0. The Balaban J connectivity index is 2.97. The van der Waals surface area contributed by atoms with Gasteiger partial charge in [0.05, 0.1) is 18.1 Å². The minimum Gasteiger partial charge on any atom is -0.465 e. The molecule has 1 N–H and O–H groups in total. The van der Waals surface area contributed by atoms with E-state index >= 15 is 0 Å². The van der Waals surface area contributed by atoms with Crippen LogP contribution in [0, 0.1) is 0 Å². The Morgan fingerprint density at radius 2 is 2.12 bits per heavy atom. The van der Waals surface area contributed by atoms with Crippen LogP contribution in [-0.4, -0.2) is 44.1 Å². The molecule has 1 unspecified atom stereocenters. The van der Waals surface area contributed by atoms with Gasteiger partial charge in [-0.15, -0.1) is 0 Å². The normalized spacial score (nSPS) is 28.0. The largest absolute Gasteiger partial charge is 0.465 e. The van der Waals surface area contributed by atoms with Gasteiger partial charge < -0.3 is 4.74 Å². The van der Waals surface area contributed by atoms with Crippen LogP contribution in [0.4, 0.5) is 0 Å².